The van der Waals surface area contributed by atoms with Crippen molar-refractivity contribution in [1.82, 2.24) is 20.1 Å². The van der Waals surface area contributed by atoms with E-state index in [1.165, 1.54) is 0 Å². The topological polar surface area (TPSA) is 116 Å². The van der Waals surface area contributed by atoms with E-state index in [2.05, 4.69) is 30.3 Å². The van der Waals surface area contributed by atoms with Crippen LogP contribution in [0.15, 0.2) is 77.6 Å². The first-order valence-electron chi connectivity index (χ1n) is 13.2. The molecule has 1 aliphatic rings. The Bertz CT molecular complexity index is 1710. The molecule has 1 fully saturated rings. The monoisotopic (exact) mass is 538 g/mol. The van der Waals surface area contributed by atoms with E-state index in [1.54, 1.807) is 7.11 Å². The summed E-state index contributed by atoms with van der Waals surface area (Å²) in [5, 5.41) is 10.9. The smallest absolute Gasteiger partial charge is 0.288 e. The average molecular weight is 539 g/mol. The summed E-state index contributed by atoms with van der Waals surface area (Å²) < 4.78 is 11.5. The van der Waals surface area contributed by atoms with Gasteiger partial charge in [0.05, 0.1) is 24.7 Å². The molecule has 1 amide bonds. The highest BCUT2D eigenvalue weighted by Gasteiger charge is 2.22. The average Bonchev–Trinajstić information content (AvgIpc) is 3.38. The molecule has 0 radical (unpaired) electrons. The molecule has 0 unspecified atom stereocenters. The van der Waals surface area contributed by atoms with Gasteiger partial charge in [-0.25, -0.2) is 5.10 Å². The number of carbonyl (C=O) groups excluding carboxylic acids is 1. The van der Waals surface area contributed by atoms with Gasteiger partial charge < -0.3 is 24.7 Å². The van der Waals surface area contributed by atoms with Crippen LogP contribution in [-0.2, 0) is 11.4 Å². The molecule has 204 valence electrons. The van der Waals surface area contributed by atoms with E-state index in [0.717, 1.165) is 54.1 Å². The standard InChI is InChI=1S/C30H30N6O4/c1-39-25-10-6-5-9-24(25)36-15-13-35(14-16-36)18-26(37)32-29-27-22-17-21(40-19-20-7-3-2-4-8-20)11-12-23(22)31-28(27)30(38)34-33-29/h2-12,17,31H,13-16,18-19H2,1H3,(H,34,38)(H,32,33,37). The number of aromatic amines is 2. The third-order valence-corrected chi connectivity index (χ3v) is 7.17. The molecule has 40 heavy (non-hydrogen) atoms. The first kappa shape index (κ1) is 25.4. The lowest BCUT2D eigenvalue weighted by Crippen LogP contribution is -2.48. The molecule has 6 rings (SSSR count). The van der Waals surface area contributed by atoms with Crippen molar-refractivity contribution in [1.29, 1.82) is 0 Å². The van der Waals surface area contributed by atoms with Crippen molar-refractivity contribution in [2.45, 2.75) is 6.61 Å². The molecule has 0 spiro atoms. The van der Waals surface area contributed by atoms with Crippen LogP contribution in [0.5, 0.6) is 11.5 Å². The van der Waals surface area contributed by atoms with Crippen LogP contribution < -0.4 is 25.2 Å². The van der Waals surface area contributed by atoms with Crippen molar-refractivity contribution >= 4 is 39.2 Å². The number of aromatic nitrogens is 3. The maximum atomic E-state index is 13.1. The van der Waals surface area contributed by atoms with Crippen molar-refractivity contribution in [3.63, 3.8) is 0 Å². The summed E-state index contributed by atoms with van der Waals surface area (Å²) >= 11 is 0. The summed E-state index contributed by atoms with van der Waals surface area (Å²) in [4.78, 5) is 33.2. The number of carbonyl (C=O) groups is 1. The van der Waals surface area contributed by atoms with Crippen molar-refractivity contribution in [2.75, 3.05) is 50.1 Å². The second kappa shape index (κ2) is 11.1. The zero-order chi connectivity index (χ0) is 27.5. The summed E-state index contributed by atoms with van der Waals surface area (Å²) in [6, 6.07) is 23.4. The third kappa shape index (κ3) is 5.21. The number of benzene rings is 3. The van der Waals surface area contributed by atoms with Crippen molar-refractivity contribution < 1.29 is 14.3 Å². The lowest BCUT2D eigenvalue weighted by Gasteiger charge is -2.36. The van der Waals surface area contributed by atoms with E-state index in [-0.39, 0.29) is 18.0 Å². The van der Waals surface area contributed by atoms with Gasteiger partial charge in [-0.2, -0.15) is 5.10 Å². The van der Waals surface area contributed by atoms with Gasteiger partial charge in [0.1, 0.15) is 23.6 Å². The van der Waals surface area contributed by atoms with Crippen LogP contribution in [0.2, 0.25) is 0 Å². The van der Waals surface area contributed by atoms with Gasteiger partial charge in [0.25, 0.3) is 5.56 Å². The van der Waals surface area contributed by atoms with Gasteiger partial charge in [-0.05, 0) is 35.9 Å². The Labute approximate surface area is 230 Å². The maximum absolute atomic E-state index is 13.1. The summed E-state index contributed by atoms with van der Waals surface area (Å²) in [6.07, 6.45) is 0. The number of para-hydroxylation sites is 2. The molecule has 10 nitrogen and oxygen atoms in total. The SMILES string of the molecule is COc1ccccc1N1CCN(CC(=O)Nc2n[nH]c(=O)c3[nH]c4ccc(OCc5ccccc5)cc4c23)CC1. The van der Waals surface area contributed by atoms with Crippen LogP contribution in [-0.4, -0.2) is 65.8 Å². The van der Waals surface area contributed by atoms with Crippen molar-refractivity contribution in [2.24, 2.45) is 0 Å². The number of fused-ring (bicyclic) bond motifs is 3. The van der Waals surface area contributed by atoms with E-state index in [0.29, 0.717) is 29.1 Å². The molecular formula is C30H30N6O4. The lowest BCUT2D eigenvalue weighted by molar-refractivity contribution is -0.117. The lowest BCUT2D eigenvalue weighted by atomic mass is 10.2. The number of piperazine rings is 1. The molecule has 5 aromatic rings. The van der Waals surface area contributed by atoms with Crippen LogP contribution in [0.4, 0.5) is 11.5 Å². The fourth-order valence-electron chi connectivity index (χ4n) is 5.14. The first-order valence-corrected chi connectivity index (χ1v) is 13.2. The molecule has 1 saturated heterocycles. The molecule has 10 heteroatoms. The van der Waals surface area contributed by atoms with Crippen LogP contribution >= 0.6 is 0 Å². The number of amides is 1. The predicted molar refractivity (Wildman–Crippen MR) is 155 cm³/mol. The molecule has 2 aromatic heterocycles. The maximum Gasteiger partial charge on any atom is 0.288 e. The quantitative estimate of drug-likeness (QED) is 0.276. The number of anilines is 2. The van der Waals surface area contributed by atoms with E-state index >= 15 is 0 Å². The second-order valence-corrected chi connectivity index (χ2v) is 9.74. The van der Waals surface area contributed by atoms with Crippen LogP contribution in [0.25, 0.3) is 21.8 Å². The number of nitrogens with one attached hydrogen (secondary N) is 3. The van der Waals surface area contributed by atoms with Gasteiger partial charge in [0.2, 0.25) is 5.91 Å². The minimum absolute atomic E-state index is 0.197. The fourth-order valence-corrected chi connectivity index (χ4v) is 5.14. The molecule has 3 heterocycles. The van der Waals surface area contributed by atoms with Crippen LogP contribution in [0.3, 0.4) is 0 Å². The van der Waals surface area contributed by atoms with Crippen LogP contribution in [0.1, 0.15) is 5.56 Å². The Morgan fingerprint density at radius 2 is 1.77 bits per heavy atom. The van der Waals surface area contributed by atoms with E-state index in [1.807, 2.05) is 72.8 Å². The number of H-pyrrole nitrogens is 2. The molecule has 3 N–H and O–H groups in total. The number of hydrogen-bond acceptors (Lipinski definition) is 7. The van der Waals surface area contributed by atoms with Gasteiger partial charge in [-0.3, -0.25) is 14.5 Å². The molecule has 3 aromatic carbocycles. The number of nitrogens with zero attached hydrogens (tertiary/aromatic N) is 3. The molecule has 1 aliphatic heterocycles. The Morgan fingerprint density at radius 1 is 1.00 bits per heavy atom. The van der Waals surface area contributed by atoms with Crippen LogP contribution in [0, 0.1) is 0 Å². The summed E-state index contributed by atoms with van der Waals surface area (Å²) in [5.41, 5.74) is 2.86. The van der Waals surface area contributed by atoms with Crippen molar-refractivity contribution in [3.8, 4) is 11.5 Å². The van der Waals surface area contributed by atoms with E-state index < -0.39 is 0 Å². The Balaban J connectivity index is 1.16. The molecule has 0 saturated carbocycles. The normalized spacial score (nSPS) is 14.0. The van der Waals surface area contributed by atoms with Gasteiger partial charge >= 0.3 is 0 Å². The molecular weight excluding hydrogens is 508 g/mol. The summed E-state index contributed by atoms with van der Waals surface area (Å²) in [6.45, 7) is 3.66. The fraction of sp³-hybridized carbons (Fsp3) is 0.233. The predicted octanol–water partition coefficient (Wildman–Crippen LogP) is 3.75. The number of ether oxygens (including phenoxy) is 2. The van der Waals surface area contributed by atoms with Gasteiger partial charge in [-0.15, -0.1) is 0 Å². The van der Waals surface area contributed by atoms with Gasteiger partial charge in [-0.1, -0.05) is 42.5 Å². The molecule has 0 atom stereocenters. The Kier molecular flexibility index (Phi) is 7.07. The van der Waals surface area contributed by atoms with Gasteiger partial charge in [0, 0.05) is 37.1 Å². The highest BCUT2D eigenvalue weighted by Crippen LogP contribution is 2.31. The largest absolute Gasteiger partial charge is 0.495 e. The zero-order valence-corrected chi connectivity index (χ0v) is 22.1. The minimum Gasteiger partial charge on any atom is -0.495 e. The Morgan fingerprint density at radius 3 is 2.58 bits per heavy atom. The minimum atomic E-state index is -0.358. The number of rotatable bonds is 8. The van der Waals surface area contributed by atoms with E-state index in [9.17, 15) is 9.59 Å². The highest BCUT2D eigenvalue weighted by molar-refractivity contribution is 6.14. The first-order chi connectivity index (χ1) is 19.6. The summed E-state index contributed by atoms with van der Waals surface area (Å²) in [7, 11) is 1.67. The summed E-state index contributed by atoms with van der Waals surface area (Å²) in [5.74, 6) is 1.60. The highest BCUT2D eigenvalue weighted by atomic mass is 16.5. The van der Waals surface area contributed by atoms with E-state index in [4.69, 9.17) is 9.47 Å². The molecule has 0 bridgehead atoms. The molecule has 0 aliphatic carbocycles. The van der Waals surface area contributed by atoms with Gasteiger partial charge in [0.15, 0.2) is 5.82 Å². The zero-order valence-electron chi connectivity index (χ0n) is 22.1. The second-order valence-electron chi connectivity index (χ2n) is 9.74. The number of methoxy groups -OCH3 is 1. The number of hydrogen-bond donors (Lipinski definition) is 3. The third-order valence-electron chi connectivity index (χ3n) is 7.17. The Hall–Kier alpha value is -4.83. The van der Waals surface area contributed by atoms with Crippen molar-refractivity contribution in [3.05, 3.63) is 88.7 Å².